The fraction of sp³-hybridized carbons (Fsp3) is 0.174. The van der Waals surface area contributed by atoms with Crippen LogP contribution >= 0.6 is 0 Å². The second-order valence-corrected chi connectivity index (χ2v) is 7.24. The molecule has 2 aromatic carbocycles. The summed E-state index contributed by atoms with van der Waals surface area (Å²) in [5.41, 5.74) is 1.78. The molecule has 2 aliphatic heterocycles. The average molecular weight is 402 g/mol. The van der Waals surface area contributed by atoms with Gasteiger partial charge >= 0.3 is 0 Å². The Morgan fingerprint density at radius 1 is 1.03 bits per heavy atom. The fourth-order valence-electron chi connectivity index (χ4n) is 3.87. The van der Waals surface area contributed by atoms with Crippen molar-refractivity contribution in [2.24, 2.45) is 0 Å². The zero-order chi connectivity index (χ0) is 20.7. The van der Waals surface area contributed by atoms with Gasteiger partial charge in [0.15, 0.2) is 0 Å². The minimum atomic E-state index is -0.433. The molecule has 0 aliphatic carbocycles. The Labute approximate surface area is 172 Å². The summed E-state index contributed by atoms with van der Waals surface area (Å²) in [5.74, 6) is 0.149. The van der Waals surface area contributed by atoms with Crippen molar-refractivity contribution in [2.45, 2.75) is 19.0 Å². The largest absolute Gasteiger partial charge is 0.493 e. The maximum atomic E-state index is 12.9. The molecule has 0 spiro atoms. The highest BCUT2D eigenvalue weighted by atomic mass is 16.5. The average Bonchev–Trinajstić information content (AvgIpc) is 3.37. The van der Waals surface area contributed by atoms with Crippen molar-refractivity contribution in [2.75, 3.05) is 6.61 Å². The smallest absolute Gasteiger partial charge is 0.261 e. The molecule has 3 aromatic rings. The normalized spacial score (nSPS) is 17.3. The number of amides is 3. The van der Waals surface area contributed by atoms with Crippen molar-refractivity contribution in [3.8, 4) is 5.75 Å². The SMILES string of the molecule is O=C(NC1CCOc2ccccc21)c1ccc2c(c1)C(=O)N(Cc1ccco1)C2=O. The van der Waals surface area contributed by atoms with Crippen molar-refractivity contribution in [1.29, 1.82) is 0 Å². The number of hydrogen-bond donors (Lipinski definition) is 1. The summed E-state index contributed by atoms with van der Waals surface area (Å²) >= 11 is 0. The summed E-state index contributed by atoms with van der Waals surface area (Å²) < 4.78 is 10.9. The Morgan fingerprint density at radius 2 is 1.87 bits per heavy atom. The minimum Gasteiger partial charge on any atom is -0.493 e. The van der Waals surface area contributed by atoms with Crippen LogP contribution < -0.4 is 10.1 Å². The number of furan rings is 1. The lowest BCUT2D eigenvalue weighted by Gasteiger charge is -2.26. The van der Waals surface area contributed by atoms with Gasteiger partial charge in [-0.05, 0) is 36.4 Å². The van der Waals surface area contributed by atoms with Gasteiger partial charge in [-0.2, -0.15) is 0 Å². The van der Waals surface area contributed by atoms with Crippen LogP contribution in [-0.2, 0) is 6.54 Å². The summed E-state index contributed by atoms with van der Waals surface area (Å²) in [6.07, 6.45) is 2.15. The quantitative estimate of drug-likeness (QED) is 0.676. The van der Waals surface area contributed by atoms with Crippen LogP contribution in [0.1, 0.15) is 54.9 Å². The van der Waals surface area contributed by atoms with Crippen LogP contribution in [0.15, 0.2) is 65.3 Å². The van der Waals surface area contributed by atoms with Gasteiger partial charge in [0.05, 0.1) is 36.6 Å². The predicted octanol–water partition coefficient (Wildman–Crippen LogP) is 3.33. The van der Waals surface area contributed by atoms with Gasteiger partial charge in [0.1, 0.15) is 11.5 Å². The van der Waals surface area contributed by atoms with Crippen molar-refractivity contribution < 1.29 is 23.5 Å². The van der Waals surface area contributed by atoms with Gasteiger partial charge < -0.3 is 14.5 Å². The van der Waals surface area contributed by atoms with E-state index in [1.54, 1.807) is 18.2 Å². The summed E-state index contributed by atoms with van der Waals surface area (Å²) in [5, 5.41) is 3.01. The standard InChI is InChI=1S/C23H18N2O5/c26-21(24-19-9-11-30-20-6-2-1-5-17(19)20)14-7-8-16-18(12-14)23(28)25(22(16)27)13-15-4-3-10-29-15/h1-8,10,12,19H,9,11,13H2,(H,24,26). The third-order valence-corrected chi connectivity index (χ3v) is 5.39. The van der Waals surface area contributed by atoms with Crippen LogP contribution in [-0.4, -0.2) is 29.2 Å². The second kappa shape index (κ2) is 7.18. The molecule has 0 saturated heterocycles. The zero-order valence-electron chi connectivity index (χ0n) is 16.0. The maximum Gasteiger partial charge on any atom is 0.261 e. The van der Waals surface area contributed by atoms with E-state index in [2.05, 4.69) is 5.32 Å². The Bertz CT molecular complexity index is 1150. The summed E-state index contributed by atoms with van der Waals surface area (Å²) in [4.78, 5) is 39.4. The molecule has 2 aliphatic rings. The van der Waals surface area contributed by atoms with E-state index in [0.29, 0.717) is 29.9 Å². The Morgan fingerprint density at radius 3 is 2.70 bits per heavy atom. The van der Waals surface area contributed by atoms with E-state index < -0.39 is 11.8 Å². The van der Waals surface area contributed by atoms with E-state index >= 15 is 0 Å². The van der Waals surface area contributed by atoms with Crippen LogP contribution in [0.25, 0.3) is 0 Å². The molecule has 0 fully saturated rings. The van der Waals surface area contributed by atoms with Crippen LogP contribution in [0, 0.1) is 0 Å². The third kappa shape index (κ3) is 3.04. The topological polar surface area (TPSA) is 88.8 Å². The van der Waals surface area contributed by atoms with Gasteiger partial charge in [0.2, 0.25) is 0 Å². The van der Waals surface area contributed by atoms with E-state index in [-0.39, 0.29) is 24.1 Å². The van der Waals surface area contributed by atoms with E-state index in [4.69, 9.17) is 9.15 Å². The first-order valence-corrected chi connectivity index (χ1v) is 9.67. The number of imide groups is 1. The number of nitrogens with zero attached hydrogens (tertiary/aromatic N) is 1. The van der Waals surface area contributed by atoms with E-state index in [1.165, 1.54) is 18.4 Å². The molecule has 1 aromatic heterocycles. The first kappa shape index (κ1) is 18.2. The van der Waals surface area contributed by atoms with Gasteiger partial charge in [0, 0.05) is 17.5 Å². The van der Waals surface area contributed by atoms with Crippen LogP contribution in [0.2, 0.25) is 0 Å². The minimum absolute atomic E-state index is 0.0553. The molecule has 150 valence electrons. The van der Waals surface area contributed by atoms with E-state index in [0.717, 1.165) is 16.2 Å². The molecule has 0 bridgehead atoms. The number of carbonyl (C=O) groups is 3. The van der Waals surface area contributed by atoms with Crippen molar-refractivity contribution in [1.82, 2.24) is 10.2 Å². The number of hydrogen-bond acceptors (Lipinski definition) is 5. The maximum absolute atomic E-state index is 12.9. The number of benzene rings is 2. The first-order chi connectivity index (χ1) is 14.6. The number of carbonyl (C=O) groups excluding carboxylic acids is 3. The molecular weight excluding hydrogens is 384 g/mol. The van der Waals surface area contributed by atoms with Gasteiger partial charge in [0.25, 0.3) is 17.7 Å². The highest BCUT2D eigenvalue weighted by molar-refractivity contribution is 6.22. The molecule has 1 atom stereocenters. The molecule has 7 nitrogen and oxygen atoms in total. The molecule has 30 heavy (non-hydrogen) atoms. The molecule has 3 heterocycles. The third-order valence-electron chi connectivity index (χ3n) is 5.39. The highest BCUT2D eigenvalue weighted by Crippen LogP contribution is 2.32. The van der Waals surface area contributed by atoms with Crippen molar-refractivity contribution in [3.63, 3.8) is 0 Å². The molecule has 5 rings (SSSR count). The number of fused-ring (bicyclic) bond motifs is 2. The highest BCUT2D eigenvalue weighted by Gasteiger charge is 2.36. The van der Waals surface area contributed by atoms with E-state index in [9.17, 15) is 14.4 Å². The van der Waals surface area contributed by atoms with E-state index in [1.807, 2.05) is 24.3 Å². The van der Waals surface area contributed by atoms with Crippen LogP contribution in [0.4, 0.5) is 0 Å². The summed E-state index contributed by atoms with van der Waals surface area (Å²) in [7, 11) is 0. The predicted molar refractivity (Wildman–Crippen MR) is 106 cm³/mol. The van der Waals surface area contributed by atoms with Crippen LogP contribution in [0.3, 0.4) is 0 Å². The lowest BCUT2D eigenvalue weighted by atomic mass is 9.99. The van der Waals surface area contributed by atoms with Gasteiger partial charge in [-0.15, -0.1) is 0 Å². The number of ether oxygens (including phenoxy) is 1. The Kier molecular flexibility index (Phi) is 4.35. The molecular formula is C23H18N2O5. The molecule has 0 saturated carbocycles. The number of rotatable bonds is 4. The zero-order valence-corrected chi connectivity index (χ0v) is 16.0. The summed E-state index contributed by atoms with van der Waals surface area (Å²) in [6, 6.07) is 15.4. The molecule has 7 heteroatoms. The van der Waals surface area contributed by atoms with Gasteiger partial charge in [-0.25, -0.2) is 0 Å². The second-order valence-electron chi connectivity index (χ2n) is 7.24. The van der Waals surface area contributed by atoms with Crippen molar-refractivity contribution in [3.05, 3.63) is 88.9 Å². The summed E-state index contributed by atoms with van der Waals surface area (Å²) in [6.45, 7) is 0.570. The van der Waals surface area contributed by atoms with Gasteiger partial charge in [-0.3, -0.25) is 19.3 Å². The first-order valence-electron chi connectivity index (χ1n) is 9.67. The Hall–Kier alpha value is -3.87. The number of para-hydroxylation sites is 1. The monoisotopic (exact) mass is 402 g/mol. The Balaban J connectivity index is 1.37. The fourth-order valence-corrected chi connectivity index (χ4v) is 3.87. The molecule has 1 unspecified atom stereocenters. The molecule has 0 radical (unpaired) electrons. The van der Waals surface area contributed by atoms with Crippen LogP contribution in [0.5, 0.6) is 5.75 Å². The van der Waals surface area contributed by atoms with Crippen molar-refractivity contribution >= 4 is 17.7 Å². The lowest BCUT2D eigenvalue weighted by molar-refractivity contribution is 0.0631. The van der Waals surface area contributed by atoms with Gasteiger partial charge in [-0.1, -0.05) is 18.2 Å². The molecule has 3 amide bonds. The lowest BCUT2D eigenvalue weighted by Crippen LogP contribution is -2.32. The molecule has 1 N–H and O–H groups in total. The number of nitrogens with one attached hydrogen (secondary N) is 1.